The van der Waals surface area contributed by atoms with Crippen LogP contribution < -0.4 is 15.2 Å². The third kappa shape index (κ3) is 3.69. The lowest BCUT2D eigenvalue weighted by Crippen LogP contribution is -2.13. The number of nitrogens with two attached hydrogens (primary N) is 1. The van der Waals surface area contributed by atoms with Gasteiger partial charge in [0.1, 0.15) is 12.1 Å². The largest absolute Gasteiger partial charge is 0.493 e. The maximum atomic E-state index is 12.0. The topological polar surface area (TPSA) is 112 Å². The molecule has 0 unspecified atom stereocenters. The van der Waals surface area contributed by atoms with Crippen LogP contribution in [0.25, 0.3) is 28.1 Å². The number of fused-ring (bicyclic) bond motifs is 1. The Hall–Kier alpha value is -3.91. The van der Waals surface area contributed by atoms with E-state index in [1.54, 1.807) is 44.8 Å². The summed E-state index contributed by atoms with van der Waals surface area (Å²) in [6, 6.07) is 14.4. The number of hydrogen-bond donors (Lipinski definition) is 2. The first-order valence-electron chi connectivity index (χ1n) is 9.66. The summed E-state index contributed by atoms with van der Waals surface area (Å²) in [7, 11) is 3.15. The van der Waals surface area contributed by atoms with Crippen LogP contribution in [0, 0.1) is 0 Å². The highest BCUT2D eigenvalue weighted by atomic mass is 16.5. The van der Waals surface area contributed by atoms with Crippen LogP contribution in [0.4, 0.5) is 0 Å². The van der Waals surface area contributed by atoms with Crippen molar-refractivity contribution in [3.63, 3.8) is 0 Å². The molecule has 0 saturated carbocycles. The molecule has 0 spiro atoms. The monoisotopic (exact) mass is 418 g/mol. The number of ether oxygens (including phenoxy) is 2. The summed E-state index contributed by atoms with van der Waals surface area (Å²) in [6.07, 6.45) is 2.06. The van der Waals surface area contributed by atoms with Gasteiger partial charge in [-0.15, -0.1) is 0 Å². The normalized spacial score (nSPS) is 10.9. The lowest BCUT2D eigenvalue weighted by molar-refractivity contribution is 0.100. The molecule has 8 nitrogen and oxygen atoms in total. The number of rotatable bonds is 7. The predicted octanol–water partition coefficient (Wildman–Crippen LogP) is 2.74. The van der Waals surface area contributed by atoms with E-state index in [2.05, 4.69) is 4.98 Å². The fraction of sp³-hybridized carbons (Fsp3) is 0.174. The minimum absolute atomic E-state index is 0.0439. The molecule has 2 heterocycles. The Labute approximate surface area is 178 Å². The standard InChI is InChI=1S/C23H22N4O4/c1-30-19-11-17-18(12-20(19)31-2)27(13-25-17)21-8-7-14(9-10-28)22(26-21)15-5-3-4-6-16(15)23(24)29/h3-8,11-13,28H,9-10H2,1-2H3,(H2,24,29). The molecule has 8 heteroatoms. The molecule has 3 N–H and O–H groups in total. The van der Waals surface area contributed by atoms with Crippen molar-refractivity contribution in [2.45, 2.75) is 6.42 Å². The van der Waals surface area contributed by atoms with Crippen molar-refractivity contribution in [1.82, 2.24) is 14.5 Å². The SMILES string of the molecule is COc1cc2ncn(-c3ccc(CCO)c(-c4ccccc4C(N)=O)n3)c2cc1OC. The van der Waals surface area contributed by atoms with Gasteiger partial charge >= 0.3 is 0 Å². The zero-order valence-corrected chi connectivity index (χ0v) is 17.2. The second kappa shape index (κ2) is 8.45. The number of nitrogens with zero attached hydrogens (tertiary/aromatic N) is 3. The van der Waals surface area contributed by atoms with Crippen LogP contribution in [0.5, 0.6) is 11.5 Å². The second-order valence-electron chi connectivity index (χ2n) is 6.87. The number of aliphatic hydroxyl groups is 1. The second-order valence-corrected chi connectivity index (χ2v) is 6.87. The predicted molar refractivity (Wildman–Crippen MR) is 117 cm³/mol. The summed E-state index contributed by atoms with van der Waals surface area (Å²) in [4.78, 5) is 21.3. The van der Waals surface area contributed by atoms with Crippen molar-refractivity contribution in [1.29, 1.82) is 0 Å². The number of aromatic nitrogens is 3. The molecule has 1 amide bonds. The molecule has 0 radical (unpaired) electrons. The Balaban J connectivity index is 1.92. The Morgan fingerprint density at radius 2 is 1.84 bits per heavy atom. The lowest BCUT2D eigenvalue weighted by Gasteiger charge is -2.14. The molecule has 4 aromatic rings. The van der Waals surface area contributed by atoms with Gasteiger partial charge in [0.15, 0.2) is 11.5 Å². The molecule has 0 aliphatic heterocycles. The molecule has 0 aliphatic rings. The number of methoxy groups -OCH3 is 2. The maximum absolute atomic E-state index is 12.0. The van der Waals surface area contributed by atoms with Crippen molar-refractivity contribution in [3.05, 3.63) is 66.0 Å². The Morgan fingerprint density at radius 1 is 1.10 bits per heavy atom. The van der Waals surface area contributed by atoms with E-state index in [0.717, 1.165) is 16.6 Å². The number of carbonyl (C=O) groups is 1. The molecular formula is C23H22N4O4. The molecule has 4 rings (SSSR count). The number of pyridine rings is 1. The van der Waals surface area contributed by atoms with Gasteiger partial charge in [0, 0.05) is 29.9 Å². The van der Waals surface area contributed by atoms with E-state index in [1.807, 2.05) is 28.8 Å². The van der Waals surface area contributed by atoms with E-state index >= 15 is 0 Å². The molecule has 0 saturated heterocycles. The smallest absolute Gasteiger partial charge is 0.249 e. The van der Waals surface area contributed by atoms with Crippen LogP contribution in [0.3, 0.4) is 0 Å². The van der Waals surface area contributed by atoms with E-state index in [-0.39, 0.29) is 6.61 Å². The van der Waals surface area contributed by atoms with E-state index < -0.39 is 5.91 Å². The quantitative estimate of drug-likeness (QED) is 0.477. The van der Waals surface area contributed by atoms with Crippen molar-refractivity contribution < 1.29 is 19.4 Å². The van der Waals surface area contributed by atoms with Gasteiger partial charge < -0.3 is 20.3 Å². The minimum Gasteiger partial charge on any atom is -0.493 e. The van der Waals surface area contributed by atoms with Crippen molar-refractivity contribution >= 4 is 16.9 Å². The van der Waals surface area contributed by atoms with Gasteiger partial charge in [-0.25, -0.2) is 9.97 Å². The molecule has 0 bridgehead atoms. The van der Waals surface area contributed by atoms with Crippen LogP contribution >= 0.6 is 0 Å². The third-order valence-corrected chi connectivity index (χ3v) is 5.09. The summed E-state index contributed by atoms with van der Waals surface area (Å²) in [5, 5.41) is 9.51. The summed E-state index contributed by atoms with van der Waals surface area (Å²) in [5.74, 6) is 1.23. The first kappa shape index (κ1) is 20.4. The number of hydrogen-bond acceptors (Lipinski definition) is 6. The van der Waals surface area contributed by atoms with E-state index in [0.29, 0.717) is 40.6 Å². The number of imidazole rings is 1. The fourth-order valence-electron chi connectivity index (χ4n) is 3.59. The van der Waals surface area contributed by atoms with Crippen molar-refractivity contribution in [2.24, 2.45) is 5.73 Å². The van der Waals surface area contributed by atoms with E-state index in [4.69, 9.17) is 20.2 Å². The van der Waals surface area contributed by atoms with Crippen LogP contribution in [0.1, 0.15) is 15.9 Å². The van der Waals surface area contributed by atoms with Crippen molar-refractivity contribution in [3.8, 4) is 28.6 Å². The summed E-state index contributed by atoms with van der Waals surface area (Å²) in [5.41, 5.74) is 9.47. The number of amides is 1. The molecule has 158 valence electrons. The van der Waals surface area contributed by atoms with Crippen molar-refractivity contribution in [2.75, 3.05) is 20.8 Å². The lowest BCUT2D eigenvalue weighted by atomic mass is 9.98. The number of benzene rings is 2. The maximum Gasteiger partial charge on any atom is 0.249 e. The molecule has 2 aromatic carbocycles. The van der Waals surface area contributed by atoms with E-state index in [9.17, 15) is 9.90 Å². The third-order valence-electron chi connectivity index (χ3n) is 5.09. The highest BCUT2D eigenvalue weighted by Gasteiger charge is 2.17. The zero-order chi connectivity index (χ0) is 22.0. The zero-order valence-electron chi connectivity index (χ0n) is 17.2. The molecule has 0 fully saturated rings. The van der Waals surface area contributed by atoms with Crippen LogP contribution in [-0.4, -0.2) is 46.4 Å². The summed E-state index contributed by atoms with van der Waals surface area (Å²) < 4.78 is 12.6. The van der Waals surface area contributed by atoms with Gasteiger partial charge in [0.05, 0.1) is 30.9 Å². The first-order valence-corrected chi connectivity index (χ1v) is 9.66. The fourth-order valence-corrected chi connectivity index (χ4v) is 3.59. The molecule has 0 atom stereocenters. The van der Waals surface area contributed by atoms with Gasteiger partial charge in [-0.1, -0.05) is 24.3 Å². The number of carbonyl (C=O) groups excluding carboxylic acids is 1. The van der Waals surface area contributed by atoms with E-state index in [1.165, 1.54) is 0 Å². The van der Waals surface area contributed by atoms with Gasteiger partial charge in [-0.2, -0.15) is 0 Å². The molecule has 2 aromatic heterocycles. The minimum atomic E-state index is -0.539. The Morgan fingerprint density at radius 3 is 2.55 bits per heavy atom. The van der Waals surface area contributed by atoms with Crippen LogP contribution in [-0.2, 0) is 6.42 Å². The average Bonchev–Trinajstić information content (AvgIpc) is 3.21. The van der Waals surface area contributed by atoms with Gasteiger partial charge in [-0.3, -0.25) is 9.36 Å². The molecule has 0 aliphatic carbocycles. The summed E-state index contributed by atoms with van der Waals surface area (Å²) in [6.45, 7) is -0.0439. The van der Waals surface area contributed by atoms with Gasteiger partial charge in [0.25, 0.3) is 0 Å². The number of aliphatic hydroxyl groups excluding tert-OH is 1. The highest BCUT2D eigenvalue weighted by molar-refractivity contribution is 5.99. The average molecular weight is 418 g/mol. The highest BCUT2D eigenvalue weighted by Crippen LogP contribution is 2.33. The Bertz CT molecular complexity index is 1270. The molecule has 31 heavy (non-hydrogen) atoms. The summed E-state index contributed by atoms with van der Waals surface area (Å²) >= 11 is 0. The van der Waals surface area contributed by atoms with Crippen LogP contribution in [0.2, 0.25) is 0 Å². The first-order chi connectivity index (χ1) is 15.1. The van der Waals surface area contributed by atoms with Gasteiger partial charge in [0.2, 0.25) is 5.91 Å². The Kier molecular flexibility index (Phi) is 5.55. The van der Waals surface area contributed by atoms with Gasteiger partial charge in [-0.05, 0) is 24.1 Å². The molecular weight excluding hydrogens is 396 g/mol. The number of primary amides is 1. The van der Waals surface area contributed by atoms with Crippen LogP contribution in [0.15, 0.2) is 54.9 Å².